The SMILES string of the molecule is CC(C)(CC(=O)[O-])CC(=O)OO.[Na+]. The molecule has 0 saturated carbocycles. The van der Waals surface area contributed by atoms with Crippen molar-refractivity contribution in [2.75, 3.05) is 0 Å². The van der Waals surface area contributed by atoms with E-state index in [1.165, 1.54) is 0 Å². The minimum Gasteiger partial charge on any atom is -0.550 e. The zero-order valence-corrected chi connectivity index (χ0v) is 9.99. The summed E-state index contributed by atoms with van der Waals surface area (Å²) in [4.78, 5) is 24.1. The van der Waals surface area contributed by atoms with Gasteiger partial charge < -0.3 is 14.8 Å². The number of rotatable bonds is 4. The van der Waals surface area contributed by atoms with Gasteiger partial charge in [-0.2, -0.15) is 5.26 Å². The van der Waals surface area contributed by atoms with Crippen LogP contribution in [0.2, 0.25) is 0 Å². The molecule has 0 aliphatic heterocycles. The van der Waals surface area contributed by atoms with Gasteiger partial charge in [0.1, 0.15) is 0 Å². The zero-order valence-electron chi connectivity index (χ0n) is 7.99. The number of carbonyl (C=O) groups excluding carboxylic acids is 2. The minimum absolute atomic E-state index is 0. The summed E-state index contributed by atoms with van der Waals surface area (Å²) in [6.07, 6.45) is -0.403. The molecule has 0 rings (SSSR count). The Morgan fingerprint density at radius 2 is 1.85 bits per heavy atom. The van der Waals surface area contributed by atoms with Crippen molar-refractivity contribution in [3.63, 3.8) is 0 Å². The quantitative estimate of drug-likeness (QED) is 0.288. The molecule has 6 heteroatoms. The summed E-state index contributed by atoms with van der Waals surface area (Å²) < 4.78 is 0. The van der Waals surface area contributed by atoms with E-state index in [1.807, 2.05) is 0 Å². The van der Waals surface area contributed by atoms with E-state index < -0.39 is 17.4 Å². The van der Waals surface area contributed by atoms with Gasteiger partial charge in [-0.05, 0) is 11.8 Å². The van der Waals surface area contributed by atoms with Crippen LogP contribution in [0.1, 0.15) is 26.7 Å². The standard InChI is InChI=1S/C7H12O5.Na/c1-7(2,3-5(8)9)4-6(10)12-11;/h11H,3-4H2,1-2H3,(H,8,9);/q;+1/p-1. The van der Waals surface area contributed by atoms with Crippen molar-refractivity contribution in [2.45, 2.75) is 26.7 Å². The van der Waals surface area contributed by atoms with Gasteiger partial charge in [-0.25, -0.2) is 4.79 Å². The van der Waals surface area contributed by atoms with Gasteiger partial charge >= 0.3 is 35.5 Å². The second-order valence-corrected chi connectivity index (χ2v) is 3.35. The van der Waals surface area contributed by atoms with Crippen molar-refractivity contribution < 1.29 is 54.4 Å². The van der Waals surface area contributed by atoms with Gasteiger partial charge in [-0.1, -0.05) is 13.8 Å². The molecule has 0 saturated heterocycles. The van der Waals surface area contributed by atoms with Gasteiger partial charge in [-0.3, -0.25) is 0 Å². The Morgan fingerprint density at radius 3 is 2.15 bits per heavy atom. The summed E-state index contributed by atoms with van der Waals surface area (Å²) in [5, 5.41) is 18.1. The van der Waals surface area contributed by atoms with E-state index in [4.69, 9.17) is 5.26 Å². The van der Waals surface area contributed by atoms with Crippen LogP contribution in [0.4, 0.5) is 0 Å². The summed E-state index contributed by atoms with van der Waals surface area (Å²) >= 11 is 0. The van der Waals surface area contributed by atoms with Crippen LogP contribution in [0.15, 0.2) is 0 Å². The van der Waals surface area contributed by atoms with Crippen molar-refractivity contribution in [1.29, 1.82) is 0 Å². The van der Waals surface area contributed by atoms with Gasteiger partial charge in [0.05, 0.1) is 6.42 Å². The van der Waals surface area contributed by atoms with E-state index in [2.05, 4.69) is 4.89 Å². The fourth-order valence-corrected chi connectivity index (χ4v) is 0.876. The molecule has 0 amide bonds. The Morgan fingerprint density at radius 1 is 1.38 bits per heavy atom. The van der Waals surface area contributed by atoms with Crippen molar-refractivity contribution in [3.05, 3.63) is 0 Å². The molecule has 70 valence electrons. The normalized spacial score (nSPS) is 10.1. The molecule has 0 spiro atoms. The maximum atomic E-state index is 10.5. The van der Waals surface area contributed by atoms with Crippen LogP contribution in [-0.4, -0.2) is 17.2 Å². The zero-order chi connectivity index (χ0) is 9.78. The molecule has 0 aromatic carbocycles. The Labute approximate surface area is 98.3 Å². The molecule has 0 unspecified atom stereocenters. The van der Waals surface area contributed by atoms with Gasteiger partial charge in [-0.15, -0.1) is 0 Å². The molecule has 0 bridgehead atoms. The molecule has 0 fully saturated rings. The summed E-state index contributed by atoms with van der Waals surface area (Å²) in [6, 6.07) is 0. The van der Waals surface area contributed by atoms with Crippen LogP contribution in [0.3, 0.4) is 0 Å². The molecule has 5 nitrogen and oxygen atoms in total. The topological polar surface area (TPSA) is 86.7 Å². The van der Waals surface area contributed by atoms with Crippen LogP contribution in [0.25, 0.3) is 0 Å². The van der Waals surface area contributed by atoms with Gasteiger partial charge in [0, 0.05) is 5.97 Å². The molecule has 0 radical (unpaired) electrons. The summed E-state index contributed by atoms with van der Waals surface area (Å²) in [5.74, 6) is -2.08. The summed E-state index contributed by atoms with van der Waals surface area (Å²) in [5.41, 5.74) is -0.751. The smallest absolute Gasteiger partial charge is 0.550 e. The monoisotopic (exact) mass is 198 g/mol. The van der Waals surface area contributed by atoms with Crippen molar-refractivity contribution in [2.24, 2.45) is 5.41 Å². The average Bonchev–Trinajstić information content (AvgIpc) is 1.83. The van der Waals surface area contributed by atoms with E-state index in [0.29, 0.717) is 0 Å². The number of aliphatic carboxylic acids is 1. The molecular weight excluding hydrogens is 187 g/mol. The molecule has 0 heterocycles. The van der Waals surface area contributed by atoms with Crippen LogP contribution < -0.4 is 34.7 Å². The number of hydrogen-bond acceptors (Lipinski definition) is 5. The summed E-state index contributed by atoms with van der Waals surface area (Å²) in [6.45, 7) is 3.14. The third kappa shape index (κ3) is 8.24. The molecule has 0 aliphatic rings. The fourth-order valence-electron chi connectivity index (χ4n) is 0.876. The molecule has 0 aliphatic carbocycles. The van der Waals surface area contributed by atoms with Gasteiger partial charge in [0.25, 0.3) is 0 Å². The van der Waals surface area contributed by atoms with Gasteiger partial charge in [0.2, 0.25) is 0 Å². The minimum atomic E-state index is -1.23. The van der Waals surface area contributed by atoms with E-state index in [-0.39, 0.29) is 42.4 Å². The third-order valence-electron chi connectivity index (χ3n) is 1.35. The largest absolute Gasteiger partial charge is 1.00 e. The van der Waals surface area contributed by atoms with E-state index >= 15 is 0 Å². The molecule has 13 heavy (non-hydrogen) atoms. The predicted molar refractivity (Wildman–Crippen MR) is 36.7 cm³/mol. The van der Waals surface area contributed by atoms with Crippen LogP contribution >= 0.6 is 0 Å². The number of carboxylic acid groups (broad SMARTS) is 1. The van der Waals surface area contributed by atoms with Gasteiger partial charge in [0.15, 0.2) is 0 Å². The first kappa shape index (κ1) is 15.4. The first-order valence-electron chi connectivity index (χ1n) is 3.41. The van der Waals surface area contributed by atoms with E-state index in [1.54, 1.807) is 13.8 Å². The van der Waals surface area contributed by atoms with Crippen LogP contribution in [-0.2, 0) is 14.5 Å². The second kappa shape index (κ2) is 6.37. The molecule has 0 atom stereocenters. The molecule has 0 aromatic heterocycles. The van der Waals surface area contributed by atoms with E-state index in [0.717, 1.165) is 0 Å². The second-order valence-electron chi connectivity index (χ2n) is 3.35. The molecule has 1 N–H and O–H groups in total. The van der Waals surface area contributed by atoms with Crippen LogP contribution in [0, 0.1) is 5.41 Å². The summed E-state index contributed by atoms with van der Waals surface area (Å²) in [7, 11) is 0. The predicted octanol–water partition coefficient (Wildman–Crippen LogP) is -3.44. The maximum absolute atomic E-state index is 10.5. The number of carbonyl (C=O) groups is 2. The number of hydrogen-bond donors (Lipinski definition) is 1. The Kier molecular flexibility index (Phi) is 7.53. The first-order chi connectivity index (χ1) is 5.37. The Hall–Kier alpha value is -0.100. The van der Waals surface area contributed by atoms with Crippen molar-refractivity contribution in [1.82, 2.24) is 0 Å². The van der Waals surface area contributed by atoms with Crippen LogP contribution in [0.5, 0.6) is 0 Å². The third-order valence-corrected chi connectivity index (χ3v) is 1.35. The van der Waals surface area contributed by atoms with Crippen molar-refractivity contribution in [3.8, 4) is 0 Å². The fraction of sp³-hybridized carbons (Fsp3) is 0.714. The Bertz CT molecular complexity index is 189. The maximum Gasteiger partial charge on any atom is 1.00 e. The number of carboxylic acids is 1. The average molecular weight is 198 g/mol. The molecular formula is C7H11NaO5. The van der Waals surface area contributed by atoms with Crippen molar-refractivity contribution >= 4 is 11.9 Å². The first-order valence-corrected chi connectivity index (χ1v) is 3.41. The molecule has 0 aromatic rings. The Balaban J connectivity index is 0. The van der Waals surface area contributed by atoms with E-state index in [9.17, 15) is 14.7 Å².